The van der Waals surface area contributed by atoms with E-state index in [-0.39, 0.29) is 16.8 Å². The van der Waals surface area contributed by atoms with Crippen molar-refractivity contribution in [2.45, 2.75) is 51.7 Å². The van der Waals surface area contributed by atoms with Crippen molar-refractivity contribution in [1.82, 2.24) is 0 Å². The van der Waals surface area contributed by atoms with E-state index in [4.69, 9.17) is 11.6 Å². The largest absolute Gasteiger partial charge is 0.418 e. The summed E-state index contributed by atoms with van der Waals surface area (Å²) in [7, 11) is 0. The molecule has 0 saturated heterocycles. The van der Waals surface area contributed by atoms with Gasteiger partial charge in [-0.15, -0.1) is 0 Å². The summed E-state index contributed by atoms with van der Waals surface area (Å²) in [6, 6.07) is 3.99. The van der Waals surface area contributed by atoms with E-state index in [1.54, 1.807) is 0 Å². The predicted octanol–water partition coefficient (Wildman–Crippen LogP) is 5.99. The topological polar surface area (TPSA) is 12.0 Å². The Morgan fingerprint density at radius 1 is 1.24 bits per heavy atom. The van der Waals surface area contributed by atoms with Crippen LogP contribution < -0.4 is 5.32 Å². The van der Waals surface area contributed by atoms with Gasteiger partial charge in [-0.3, -0.25) is 0 Å². The third-order valence-corrected chi connectivity index (χ3v) is 4.64. The Morgan fingerprint density at radius 3 is 2.57 bits per heavy atom. The minimum atomic E-state index is -4.39. The smallest absolute Gasteiger partial charge is 0.381 e. The number of hydrogen-bond acceptors (Lipinski definition) is 1. The van der Waals surface area contributed by atoms with Crippen LogP contribution in [0.5, 0.6) is 0 Å². The fourth-order valence-electron chi connectivity index (χ4n) is 3.08. The molecule has 0 spiro atoms. The lowest BCUT2D eigenvalue weighted by molar-refractivity contribution is -0.137. The lowest BCUT2D eigenvalue weighted by atomic mass is 9.79. The van der Waals surface area contributed by atoms with E-state index in [1.165, 1.54) is 12.1 Å². The normalized spacial score (nSPS) is 23.4. The number of hydrogen-bond donors (Lipinski definition) is 1. The molecule has 5 heteroatoms. The summed E-state index contributed by atoms with van der Waals surface area (Å²) < 4.78 is 39.3. The van der Waals surface area contributed by atoms with Gasteiger partial charge >= 0.3 is 6.18 Å². The maximum atomic E-state index is 13.1. The van der Waals surface area contributed by atoms with Gasteiger partial charge in [0.25, 0.3) is 0 Å². The molecule has 0 aliphatic heterocycles. The summed E-state index contributed by atoms with van der Waals surface area (Å²) >= 11 is 5.99. The van der Waals surface area contributed by atoms with Gasteiger partial charge in [0.2, 0.25) is 0 Å². The number of rotatable bonds is 3. The molecule has 2 atom stereocenters. The van der Waals surface area contributed by atoms with E-state index in [0.29, 0.717) is 11.8 Å². The molecule has 0 amide bonds. The molecule has 118 valence electrons. The molecule has 1 nitrogen and oxygen atoms in total. The first-order valence-electron chi connectivity index (χ1n) is 7.41. The van der Waals surface area contributed by atoms with E-state index in [2.05, 4.69) is 19.2 Å². The van der Waals surface area contributed by atoms with Crippen LogP contribution in [-0.2, 0) is 6.18 Å². The van der Waals surface area contributed by atoms with Crippen LogP contribution in [0, 0.1) is 11.8 Å². The minimum Gasteiger partial charge on any atom is -0.381 e. The molecule has 0 aromatic heterocycles. The Hall–Kier alpha value is -0.900. The zero-order valence-electron chi connectivity index (χ0n) is 12.3. The molecule has 1 saturated carbocycles. The number of nitrogens with one attached hydrogen (secondary N) is 1. The summed E-state index contributed by atoms with van der Waals surface area (Å²) in [5.74, 6) is 1.12. The van der Waals surface area contributed by atoms with E-state index in [9.17, 15) is 13.2 Å². The fraction of sp³-hybridized carbons (Fsp3) is 0.625. The van der Waals surface area contributed by atoms with Crippen LogP contribution in [0.2, 0.25) is 5.02 Å². The molecule has 2 rings (SSSR count). The van der Waals surface area contributed by atoms with E-state index in [0.717, 1.165) is 31.7 Å². The summed E-state index contributed by atoms with van der Waals surface area (Å²) in [4.78, 5) is 0. The van der Waals surface area contributed by atoms with Crippen molar-refractivity contribution in [2.75, 3.05) is 5.32 Å². The summed E-state index contributed by atoms with van der Waals surface area (Å²) in [6.07, 6.45) is -0.387. The molecule has 1 aromatic carbocycles. The van der Waals surface area contributed by atoms with Crippen LogP contribution in [0.25, 0.3) is 0 Å². The molecule has 21 heavy (non-hydrogen) atoms. The predicted molar refractivity (Wildman–Crippen MR) is 80.7 cm³/mol. The van der Waals surface area contributed by atoms with Gasteiger partial charge in [0.15, 0.2) is 0 Å². The molecule has 1 fully saturated rings. The van der Waals surface area contributed by atoms with Crippen LogP contribution in [0.15, 0.2) is 18.2 Å². The van der Waals surface area contributed by atoms with E-state index >= 15 is 0 Å². The molecule has 0 radical (unpaired) electrons. The second-order valence-electron chi connectivity index (χ2n) is 6.17. The highest BCUT2D eigenvalue weighted by Crippen LogP contribution is 2.40. The Labute approximate surface area is 128 Å². The van der Waals surface area contributed by atoms with Gasteiger partial charge in [0, 0.05) is 6.04 Å². The Balaban J connectivity index is 2.19. The van der Waals surface area contributed by atoms with Crippen LogP contribution in [0.3, 0.4) is 0 Å². The zero-order valence-corrected chi connectivity index (χ0v) is 13.1. The average Bonchev–Trinajstić information content (AvgIpc) is 2.40. The van der Waals surface area contributed by atoms with Crippen molar-refractivity contribution in [3.05, 3.63) is 28.8 Å². The number of alkyl halides is 3. The van der Waals surface area contributed by atoms with Gasteiger partial charge in [-0.2, -0.15) is 13.2 Å². The first-order chi connectivity index (χ1) is 9.79. The SMILES string of the molecule is CC(C)C1CCCC(Nc2c(Cl)cccc2C(F)(F)F)C1. The molecular weight excluding hydrogens is 299 g/mol. The highest BCUT2D eigenvalue weighted by atomic mass is 35.5. The Kier molecular flexibility index (Phi) is 5.07. The number of benzene rings is 1. The number of anilines is 1. The number of halogens is 4. The summed E-state index contributed by atoms with van der Waals surface area (Å²) in [5.41, 5.74) is -0.650. The quantitative estimate of drug-likeness (QED) is 0.722. The van der Waals surface area contributed by atoms with Crippen molar-refractivity contribution < 1.29 is 13.2 Å². The monoisotopic (exact) mass is 319 g/mol. The van der Waals surface area contributed by atoms with Crippen molar-refractivity contribution >= 4 is 17.3 Å². The van der Waals surface area contributed by atoms with Gasteiger partial charge in [0.05, 0.1) is 16.3 Å². The fourth-order valence-corrected chi connectivity index (χ4v) is 3.30. The molecular formula is C16H21ClF3N. The van der Waals surface area contributed by atoms with Gasteiger partial charge in [-0.25, -0.2) is 0 Å². The lowest BCUT2D eigenvalue weighted by Crippen LogP contribution is -2.30. The summed E-state index contributed by atoms with van der Waals surface area (Å²) in [6.45, 7) is 4.34. The van der Waals surface area contributed by atoms with Gasteiger partial charge in [-0.05, 0) is 36.8 Å². The zero-order chi connectivity index (χ0) is 15.6. The first kappa shape index (κ1) is 16.5. The van der Waals surface area contributed by atoms with Crippen molar-refractivity contribution in [1.29, 1.82) is 0 Å². The standard InChI is InChI=1S/C16H21ClF3N/c1-10(2)11-5-3-6-12(9-11)21-15-13(16(18,19)20)7-4-8-14(15)17/h4,7-8,10-12,21H,3,5-6,9H2,1-2H3. The highest BCUT2D eigenvalue weighted by Gasteiger charge is 2.35. The molecule has 1 N–H and O–H groups in total. The second-order valence-corrected chi connectivity index (χ2v) is 6.58. The highest BCUT2D eigenvalue weighted by molar-refractivity contribution is 6.33. The molecule has 1 aliphatic rings. The van der Waals surface area contributed by atoms with Crippen molar-refractivity contribution in [3.8, 4) is 0 Å². The van der Waals surface area contributed by atoms with Crippen LogP contribution >= 0.6 is 11.6 Å². The van der Waals surface area contributed by atoms with E-state index in [1.807, 2.05) is 0 Å². The first-order valence-corrected chi connectivity index (χ1v) is 7.79. The van der Waals surface area contributed by atoms with Crippen LogP contribution in [0.4, 0.5) is 18.9 Å². The molecule has 2 unspecified atom stereocenters. The van der Waals surface area contributed by atoms with E-state index < -0.39 is 11.7 Å². The maximum Gasteiger partial charge on any atom is 0.418 e. The Bertz CT molecular complexity index is 485. The van der Waals surface area contributed by atoms with Gasteiger partial charge in [0.1, 0.15) is 0 Å². The van der Waals surface area contributed by atoms with Crippen LogP contribution in [0.1, 0.15) is 45.1 Å². The molecule has 0 bridgehead atoms. The molecule has 1 aliphatic carbocycles. The van der Waals surface area contributed by atoms with Crippen molar-refractivity contribution in [2.24, 2.45) is 11.8 Å². The third-order valence-electron chi connectivity index (χ3n) is 4.33. The Morgan fingerprint density at radius 2 is 1.95 bits per heavy atom. The minimum absolute atomic E-state index is 0.0288. The van der Waals surface area contributed by atoms with Crippen molar-refractivity contribution in [3.63, 3.8) is 0 Å². The maximum absolute atomic E-state index is 13.1. The van der Waals surface area contributed by atoms with Gasteiger partial charge in [-0.1, -0.05) is 44.4 Å². The summed E-state index contributed by atoms with van der Waals surface area (Å²) in [5, 5.41) is 3.19. The lowest BCUT2D eigenvalue weighted by Gasteiger charge is -2.33. The average molecular weight is 320 g/mol. The molecule has 0 heterocycles. The third kappa shape index (κ3) is 4.06. The number of para-hydroxylation sites is 1. The second kappa shape index (κ2) is 6.47. The molecule has 1 aromatic rings. The van der Waals surface area contributed by atoms with Gasteiger partial charge < -0.3 is 5.32 Å². The van der Waals surface area contributed by atoms with Crippen LogP contribution in [-0.4, -0.2) is 6.04 Å².